The van der Waals surface area contributed by atoms with Crippen molar-refractivity contribution in [1.29, 1.82) is 0 Å². The maximum Gasteiger partial charge on any atom is 0.250 e. The molecule has 1 aliphatic rings. The Kier molecular flexibility index (Phi) is 4.24. The molecule has 0 saturated heterocycles. The molecule has 1 aromatic rings. The van der Waals surface area contributed by atoms with Gasteiger partial charge in [0.15, 0.2) is 0 Å². The Morgan fingerprint density at radius 1 is 1.53 bits per heavy atom. The fourth-order valence-corrected chi connectivity index (χ4v) is 3.96. The van der Waals surface area contributed by atoms with Gasteiger partial charge in [-0.3, -0.25) is 4.79 Å². The maximum absolute atomic E-state index is 12.1. The third-order valence-corrected chi connectivity index (χ3v) is 5.89. The number of amides is 1. The summed E-state index contributed by atoms with van der Waals surface area (Å²) in [7, 11) is -3.66. The first kappa shape index (κ1) is 14.4. The third kappa shape index (κ3) is 3.75. The smallest absolute Gasteiger partial charge is 0.250 e. The Labute approximate surface area is 116 Å². The van der Waals surface area contributed by atoms with E-state index in [9.17, 15) is 13.2 Å². The molecular formula is C11H17N3O3S2. The van der Waals surface area contributed by atoms with Crippen LogP contribution >= 0.6 is 11.3 Å². The van der Waals surface area contributed by atoms with Gasteiger partial charge in [-0.2, -0.15) is 4.72 Å². The molecule has 0 aromatic carbocycles. The van der Waals surface area contributed by atoms with E-state index < -0.39 is 16.1 Å². The highest BCUT2D eigenvalue weighted by Gasteiger charge is 2.28. The van der Waals surface area contributed by atoms with Gasteiger partial charge in [-0.1, -0.05) is 0 Å². The van der Waals surface area contributed by atoms with Crippen LogP contribution in [-0.4, -0.2) is 26.4 Å². The van der Waals surface area contributed by atoms with Crippen LogP contribution in [0.3, 0.4) is 0 Å². The summed E-state index contributed by atoms with van der Waals surface area (Å²) in [5.41, 5.74) is 5.45. The number of hydrogen-bond donors (Lipinski definition) is 3. The Bertz CT molecular complexity index is 563. The van der Waals surface area contributed by atoms with E-state index in [0.29, 0.717) is 6.54 Å². The molecule has 1 unspecified atom stereocenters. The zero-order chi connectivity index (χ0) is 14.0. The number of carbonyl (C=O) groups excluding carboxylic acids is 1. The summed E-state index contributed by atoms with van der Waals surface area (Å²) in [6, 6.07) is 2.61. The van der Waals surface area contributed by atoms with Crippen LogP contribution in [0.25, 0.3) is 0 Å². The molecule has 6 nitrogen and oxygen atoms in total. The van der Waals surface area contributed by atoms with Crippen LogP contribution in [0.15, 0.2) is 16.3 Å². The molecule has 1 saturated carbocycles. The lowest BCUT2D eigenvalue weighted by atomic mass is 10.3. The van der Waals surface area contributed by atoms with Gasteiger partial charge in [-0.25, -0.2) is 8.42 Å². The molecular weight excluding hydrogens is 286 g/mol. The number of rotatable bonds is 6. The molecule has 0 bridgehead atoms. The van der Waals surface area contributed by atoms with Crippen molar-refractivity contribution in [2.75, 3.05) is 0 Å². The van der Waals surface area contributed by atoms with Crippen molar-refractivity contribution in [3.63, 3.8) is 0 Å². The lowest BCUT2D eigenvalue weighted by Gasteiger charge is -2.13. The minimum absolute atomic E-state index is 0.180. The second-order valence-corrected chi connectivity index (χ2v) is 7.66. The Balaban J connectivity index is 2.01. The van der Waals surface area contributed by atoms with Gasteiger partial charge in [-0.15, -0.1) is 11.3 Å². The van der Waals surface area contributed by atoms with Crippen molar-refractivity contribution in [2.24, 2.45) is 5.73 Å². The SMILES string of the molecule is CC(NS(=O)(=O)c1ccc(CN)s1)C(=O)NC1CC1. The highest BCUT2D eigenvalue weighted by Crippen LogP contribution is 2.21. The van der Waals surface area contributed by atoms with Crippen molar-refractivity contribution >= 4 is 27.3 Å². The zero-order valence-corrected chi connectivity index (χ0v) is 12.2. The van der Waals surface area contributed by atoms with Gasteiger partial charge in [0.2, 0.25) is 5.91 Å². The number of thiophene rings is 1. The minimum Gasteiger partial charge on any atom is -0.352 e. The molecule has 2 rings (SSSR count). The molecule has 0 spiro atoms. The van der Waals surface area contributed by atoms with Crippen LogP contribution in [0.4, 0.5) is 0 Å². The maximum atomic E-state index is 12.1. The molecule has 4 N–H and O–H groups in total. The minimum atomic E-state index is -3.66. The lowest BCUT2D eigenvalue weighted by molar-refractivity contribution is -0.122. The molecule has 0 radical (unpaired) electrons. The summed E-state index contributed by atoms with van der Waals surface area (Å²) in [6.45, 7) is 1.84. The van der Waals surface area contributed by atoms with Gasteiger partial charge in [0.05, 0.1) is 6.04 Å². The highest BCUT2D eigenvalue weighted by atomic mass is 32.2. The summed E-state index contributed by atoms with van der Waals surface area (Å²) < 4.78 is 26.7. The van der Waals surface area contributed by atoms with Crippen LogP contribution in [0.5, 0.6) is 0 Å². The van der Waals surface area contributed by atoms with Crippen molar-refractivity contribution in [2.45, 2.75) is 42.6 Å². The number of hydrogen-bond acceptors (Lipinski definition) is 5. The normalized spacial score (nSPS) is 17.2. The first-order valence-electron chi connectivity index (χ1n) is 6.04. The van der Waals surface area contributed by atoms with Crippen molar-refractivity contribution < 1.29 is 13.2 Å². The van der Waals surface area contributed by atoms with E-state index >= 15 is 0 Å². The topological polar surface area (TPSA) is 101 Å². The fraction of sp³-hybridized carbons (Fsp3) is 0.545. The van der Waals surface area contributed by atoms with E-state index in [1.807, 2.05) is 0 Å². The van der Waals surface area contributed by atoms with Crippen LogP contribution in [0.2, 0.25) is 0 Å². The van der Waals surface area contributed by atoms with Crippen molar-refractivity contribution in [3.05, 3.63) is 17.0 Å². The van der Waals surface area contributed by atoms with Crippen LogP contribution in [-0.2, 0) is 21.4 Å². The summed E-state index contributed by atoms with van der Waals surface area (Å²) >= 11 is 1.11. The van der Waals surface area contributed by atoms with E-state index in [1.165, 1.54) is 13.0 Å². The van der Waals surface area contributed by atoms with Gasteiger partial charge >= 0.3 is 0 Å². The largest absolute Gasteiger partial charge is 0.352 e. The number of nitrogens with two attached hydrogens (primary N) is 1. The molecule has 0 aliphatic heterocycles. The summed E-state index contributed by atoms with van der Waals surface area (Å²) in [4.78, 5) is 12.5. The molecule has 1 fully saturated rings. The van der Waals surface area contributed by atoms with Crippen LogP contribution in [0.1, 0.15) is 24.6 Å². The number of sulfonamides is 1. The predicted octanol–water partition coefficient (Wildman–Crippen LogP) is 0.152. The second-order valence-electron chi connectivity index (χ2n) is 4.55. The Hall–Kier alpha value is -0.960. The van der Waals surface area contributed by atoms with E-state index in [1.54, 1.807) is 6.07 Å². The van der Waals surface area contributed by atoms with Gasteiger partial charge < -0.3 is 11.1 Å². The van der Waals surface area contributed by atoms with Gasteiger partial charge in [0.1, 0.15) is 4.21 Å². The molecule has 1 aromatic heterocycles. The number of carbonyl (C=O) groups is 1. The Morgan fingerprint density at radius 2 is 2.21 bits per heavy atom. The van der Waals surface area contributed by atoms with Gasteiger partial charge in [0.25, 0.3) is 10.0 Å². The lowest BCUT2D eigenvalue weighted by Crippen LogP contribution is -2.45. The van der Waals surface area contributed by atoms with E-state index in [-0.39, 0.29) is 16.2 Å². The first-order chi connectivity index (χ1) is 8.92. The molecule has 1 aliphatic carbocycles. The van der Waals surface area contributed by atoms with Crippen molar-refractivity contribution in [3.8, 4) is 0 Å². The van der Waals surface area contributed by atoms with Crippen LogP contribution in [0, 0.1) is 0 Å². The van der Waals surface area contributed by atoms with E-state index in [0.717, 1.165) is 29.1 Å². The highest BCUT2D eigenvalue weighted by molar-refractivity contribution is 7.91. The summed E-state index contributed by atoms with van der Waals surface area (Å²) in [5, 5.41) is 2.76. The molecule has 1 heterocycles. The average Bonchev–Trinajstić information content (AvgIpc) is 3.02. The van der Waals surface area contributed by atoms with Gasteiger partial charge in [-0.05, 0) is 31.9 Å². The predicted molar refractivity (Wildman–Crippen MR) is 73.2 cm³/mol. The number of nitrogens with one attached hydrogen (secondary N) is 2. The standard InChI is InChI=1S/C11H17N3O3S2/c1-7(11(15)13-8-2-3-8)14-19(16,17)10-5-4-9(6-12)18-10/h4-5,7-8,14H,2-3,6,12H2,1H3,(H,13,15). The molecule has 19 heavy (non-hydrogen) atoms. The monoisotopic (exact) mass is 303 g/mol. The quantitative estimate of drug-likeness (QED) is 0.696. The molecule has 1 atom stereocenters. The molecule has 106 valence electrons. The summed E-state index contributed by atoms with van der Waals surface area (Å²) in [6.07, 6.45) is 1.94. The van der Waals surface area contributed by atoms with Crippen molar-refractivity contribution in [1.82, 2.24) is 10.0 Å². The van der Waals surface area contributed by atoms with E-state index in [4.69, 9.17) is 5.73 Å². The fourth-order valence-electron chi connectivity index (χ4n) is 1.51. The van der Waals surface area contributed by atoms with Crippen LogP contribution < -0.4 is 15.8 Å². The zero-order valence-electron chi connectivity index (χ0n) is 10.5. The van der Waals surface area contributed by atoms with E-state index in [2.05, 4.69) is 10.0 Å². The summed E-state index contributed by atoms with van der Waals surface area (Å²) in [5.74, 6) is -0.290. The third-order valence-electron chi connectivity index (χ3n) is 2.75. The molecule has 1 amide bonds. The van der Waals surface area contributed by atoms with Gasteiger partial charge in [0, 0.05) is 17.5 Å². The second kappa shape index (κ2) is 5.58. The average molecular weight is 303 g/mol. The first-order valence-corrected chi connectivity index (χ1v) is 8.34. The molecule has 8 heteroatoms. The Morgan fingerprint density at radius 3 is 2.74 bits per heavy atom.